The van der Waals surface area contributed by atoms with Crippen molar-refractivity contribution in [3.05, 3.63) is 78.4 Å². The predicted molar refractivity (Wildman–Crippen MR) is 114 cm³/mol. The summed E-state index contributed by atoms with van der Waals surface area (Å²) in [6, 6.07) is 22.7. The summed E-state index contributed by atoms with van der Waals surface area (Å²) in [5, 5.41) is 5.33. The van der Waals surface area contributed by atoms with Crippen molar-refractivity contribution in [3.63, 3.8) is 0 Å². The molecule has 0 saturated carbocycles. The molecule has 1 N–H and O–H groups in total. The monoisotopic (exact) mass is 408 g/mol. The summed E-state index contributed by atoms with van der Waals surface area (Å²) in [5.41, 5.74) is 1.08. The van der Waals surface area contributed by atoms with E-state index in [1.165, 1.54) is 4.31 Å². The molecule has 1 aliphatic heterocycles. The first-order valence-corrected chi connectivity index (χ1v) is 11.3. The Morgan fingerprint density at radius 3 is 2.31 bits per heavy atom. The molecular weight excluding hydrogens is 384 g/mol. The van der Waals surface area contributed by atoms with Gasteiger partial charge in [0.25, 0.3) is 0 Å². The highest BCUT2D eigenvalue weighted by Crippen LogP contribution is 2.24. The van der Waals surface area contributed by atoms with E-state index < -0.39 is 10.0 Å². The van der Waals surface area contributed by atoms with Crippen LogP contribution in [-0.2, 0) is 21.4 Å². The van der Waals surface area contributed by atoms with Crippen molar-refractivity contribution in [3.8, 4) is 0 Å². The minimum absolute atomic E-state index is 0.00491. The highest BCUT2D eigenvalue weighted by atomic mass is 32.2. The topological polar surface area (TPSA) is 66.5 Å². The molecule has 0 radical (unpaired) electrons. The number of piperidine rings is 1. The van der Waals surface area contributed by atoms with Gasteiger partial charge in [0, 0.05) is 25.6 Å². The molecule has 0 bridgehead atoms. The number of hydrogen-bond donors (Lipinski definition) is 1. The van der Waals surface area contributed by atoms with Gasteiger partial charge in [-0.15, -0.1) is 0 Å². The number of benzene rings is 3. The summed E-state index contributed by atoms with van der Waals surface area (Å²) in [7, 11) is -3.49. The number of carbonyl (C=O) groups is 1. The zero-order valence-electron chi connectivity index (χ0n) is 16.1. The molecule has 0 atom stereocenters. The van der Waals surface area contributed by atoms with Gasteiger partial charge in [-0.05, 0) is 41.3 Å². The van der Waals surface area contributed by atoms with Gasteiger partial charge in [-0.25, -0.2) is 8.42 Å². The van der Waals surface area contributed by atoms with Crippen LogP contribution in [0.15, 0.2) is 77.7 Å². The van der Waals surface area contributed by atoms with Crippen LogP contribution in [0.4, 0.5) is 0 Å². The molecule has 29 heavy (non-hydrogen) atoms. The van der Waals surface area contributed by atoms with Crippen molar-refractivity contribution in [1.82, 2.24) is 9.62 Å². The lowest BCUT2D eigenvalue weighted by Gasteiger charge is -2.30. The quantitative estimate of drug-likeness (QED) is 0.702. The summed E-state index contributed by atoms with van der Waals surface area (Å²) < 4.78 is 26.9. The van der Waals surface area contributed by atoms with Gasteiger partial charge in [-0.2, -0.15) is 4.31 Å². The van der Waals surface area contributed by atoms with Gasteiger partial charge in [-0.3, -0.25) is 4.79 Å². The molecule has 1 heterocycles. The van der Waals surface area contributed by atoms with Gasteiger partial charge in [0.05, 0.1) is 4.90 Å². The number of nitrogens with zero attached hydrogens (tertiary/aromatic N) is 1. The number of fused-ring (bicyclic) bond motifs is 1. The number of hydrogen-bond acceptors (Lipinski definition) is 3. The fourth-order valence-electron chi connectivity index (χ4n) is 3.87. The van der Waals surface area contributed by atoms with Crippen LogP contribution in [-0.4, -0.2) is 31.7 Å². The molecule has 1 amide bonds. The molecule has 3 aromatic carbocycles. The van der Waals surface area contributed by atoms with Crippen molar-refractivity contribution < 1.29 is 13.2 Å². The number of rotatable bonds is 5. The average Bonchev–Trinajstić information content (AvgIpc) is 2.78. The highest BCUT2D eigenvalue weighted by molar-refractivity contribution is 7.89. The third-order valence-electron chi connectivity index (χ3n) is 5.54. The second-order valence-electron chi connectivity index (χ2n) is 7.35. The van der Waals surface area contributed by atoms with Crippen LogP contribution in [0, 0.1) is 5.92 Å². The molecule has 0 unspecified atom stereocenters. The van der Waals surface area contributed by atoms with E-state index in [9.17, 15) is 13.2 Å². The number of sulfonamides is 1. The van der Waals surface area contributed by atoms with Crippen molar-refractivity contribution >= 4 is 26.7 Å². The van der Waals surface area contributed by atoms with E-state index >= 15 is 0 Å². The Morgan fingerprint density at radius 1 is 0.897 bits per heavy atom. The van der Waals surface area contributed by atoms with Crippen LogP contribution in [0.25, 0.3) is 10.8 Å². The van der Waals surface area contributed by atoms with Crippen LogP contribution in [0.1, 0.15) is 18.4 Å². The highest BCUT2D eigenvalue weighted by Gasteiger charge is 2.31. The number of carbonyl (C=O) groups excluding carboxylic acids is 1. The molecule has 1 aliphatic rings. The second-order valence-corrected chi connectivity index (χ2v) is 9.29. The molecular formula is C23H24N2O3S. The smallest absolute Gasteiger partial charge is 0.243 e. The molecule has 0 aliphatic carbocycles. The first-order chi connectivity index (χ1) is 14.1. The van der Waals surface area contributed by atoms with Crippen LogP contribution >= 0.6 is 0 Å². The molecule has 0 spiro atoms. The Hall–Kier alpha value is -2.70. The SMILES string of the molecule is O=C(NCc1cccc2ccccc12)C1CCN(S(=O)(=O)c2ccccc2)CC1. The average molecular weight is 409 g/mol. The lowest BCUT2D eigenvalue weighted by Crippen LogP contribution is -2.42. The fourth-order valence-corrected chi connectivity index (χ4v) is 5.36. The van der Waals surface area contributed by atoms with Crippen molar-refractivity contribution in [2.75, 3.05) is 13.1 Å². The molecule has 5 nitrogen and oxygen atoms in total. The first-order valence-electron chi connectivity index (χ1n) is 9.85. The zero-order chi connectivity index (χ0) is 20.3. The molecule has 1 saturated heterocycles. The molecule has 6 heteroatoms. The normalized spacial score (nSPS) is 16.0. The van der Waals surface area contributed by atoms with Crippen molar-refractivity contribution in [2.24, 2.45) is 5.92 Å². The van der Waals surface area contributed by atoms with E-state index in [1.807, 2.05) is 24.3 Å². The maximum atomic E-state index is 12.7. The van der Waals surface area contributed by atoms with Crippen molar-refractivity contribution in [2.45, 2.75) is 24.3 Å². The van der Waals surface area contributed by atoms with Gasteiger partial charge >= 0.3 is 0 Å². The van der Waals surface area contributed by atoms with E-state index in [4.69, 9.17) is 0 Å². The molecule has 3 aromatic rings. The lowest BCUT2D eigenvalue weighted by molar-refractivity contribution is -0.126. The summed E-state index contributed by atoms with van der Waals surface area (Å²) in [5.74, 6) is -0.165. The summed E-state index contributed by atoms with van der Waals surface area (Å²) in [6.45, 7) is 1.20. The third kappa shape index (κ3) is 4.18. The van der Waals surface area contributed by atoms with E-state index in [2.05, 4.69) is 23.5 Å². The minimum atomic E-state index is -3.49. The first kappa shape index (κ1) is 19.6. The largest absolute Gasteiger partial charge is 0.352 e. The second kappa shape index (κ2) is 8.35. The van der Waals surface area contributed by atoms with Gasteiger partial charge in [0.1, 0.15) is 0 Å². The number of nitrogens with one attached hydrogen (secondary N) is 1. The van der Waals surface area contributed by atoms with Gasteiger partial charge in [0.15, 0.2) is 0 Å². The molecule has 1 fully saturated rings. The maximum absolute atomic E-state index is 12.7. The maximum Gasteiger partial charge on any atom is 0.243 e. The van der Waals surface area contributed by atoms with Crippen LogP contribution in [0.5, 0.6) is 0 Å². The predicted octanol–water partition coefficient (Wildman–Crippen LogP) is 3.56. The van der Waals surface area contributed by atoms with E-state index in [-0.39, 0.29) is 11.8 Å². The van der Waals surface area contributed by atoms with Gasteiger partial charge in [-0.1, -0.05) is 60.7 Å². The lowest BCUT2D eigenvalue weighted by atomic mass is 9.97. The van der Waals surface area contributed by atoms with Crippen LogP contribution < -0.4 is 5.32 Å². The van der Waals surface area contributed by atoms with Gasteiger partial charge < -0.3 is 5.32 Å². The Morgan fingerprint density at radius 2 is 1.55 bits per heavy atom. The standard InChI is InChI=1S/C23H24N2O3S/c26-23(24-17-20-9-6-8-18-7-4-5-12-22(18)20)19-13-15-25(16-14-19)29(27,28)21-10-2-1-3-11-21/h1-12,19H,13-17H2,(H,24,26). The molecule has 4 rings (SSSR count). The Bertz CT molecular complexity index is 1100. The van der Waals surface area contributed by atoms with E-state index in [0.29, 0.717) is 37.4 Å². The third-order valence-corrected chi connectivity index (χ3v) is 7.45. The molecule has 0 aromatic heterocycles. The van der Waals surface area contributed by atoms with Crippen LogP contribution in [0.3, 0.4) is 0 Å². The Balaban J connectivity index is 1.36. The Kier molecular flexibility index (Phi) is 5.65. The fraction of sp³-hybridized carbons (Fsp3) is 0.261. The van der Waals surface area contributed by atoms with E-state index in [0.717, 1.165) is 16.3 Å². The van der Waals surface area contributed by atoms with Crippen LogP contribution in [0.2, 0.25) is 0 Å². The minimum Gasteiger partial charge on any atom is -0.352 e. The number of amides is 1. The summed E-state index contributed by atoms with van der Waals surface area (Å²) in [4.78, 5) is 13.0. The van der Waals surface area contributed by atoms with E-state index in [1.54, 1.807) is 30.3 Å². The van der Waals surface area contributed by atoms with Gasteiger partial charge in [0.2, 0.25) is 15.9 Å². The Labute approximate surface area is 171 Å². The van der Waals surface area contributed by atoms with Crippen molar-refractivity contribution in [1.29, 1.82) is 0 Å². The summed E-state index contributed by atoms with van der Waals surface area (Å²) >= 11 is 0. The summed E-state index contributed by atoms with van der Waals surface area (Å²) in [6.07, 6.45) is 1.07. The molecule has 150 valence electrons. The zero-order valence-corrected chi connectivity index (χ0v) is 16.9.